The summed E-state index contributed by atoms with van der Waals surface area (Å²) in [6, 6.07) is 8.64. The lowest BCUT2D eigenvalue weighted by atomic mass is 9.97. The molecule has 0 amide bonds. The molecule has 1 aromatic rings. The van der Waals surface area contributed by atoms with E-state index in [1.54, 1.807) is 6.08 Å². The standard InChI is InChI=1S/C13H15/c1-2-11-7-9-13(10-8-11)12-5-3-4-6-12/h1-2,7-10,12H,3-6H2. The first-order chi connectivity index (χ1) is 6.40. The maximum Gasteiger partial charge on any atom is -0.0162 e. The van der Waals surface area contributed by atoms with Gasteiger partial charge in [-0.15, -0.1) is 0 Å². The quantitative estimate of drug-likeness (QED) is 0.635. The summed E-state index contributed by atoms with van der Waals surface area (Å²) in [6.45, 7) is 5.43. The molecular weight excluding hydrogens is 156 g/mol. The van der Waals surface area contributed by atoms with E-state index in [4.69, 9.17) is 6.58 Å². The van der Waals surface area contributed by atoms with Gasteiger partial charge in [0.25, 0.3) is 0 Å². The van der Waals surface area contributed by atoms with Crippen LogP contribution in [0.25, 0.3) is 6.08 Å². The minimum atomic E-state index is 0.812. The summed E-state index contributed by atoms with van der Waals surface area (Å²) in [5.74, 6) is 0.812. The molecule has 67 valence electrons. The fourth-order valence-corrected chi connectivity index (χ4v) is 2.14. The van der Waals surface area contributed by atoms with Gasteiger partial charge in [0.2, 0.25) is 0 Å². The number of hydrogen-bond acceptors (Lipinski definition) is 0. The van der Waals surface area contributed by atoms with E-state index in [2.05, 4.69) is 24.3 Å². The summed E-state index contributed by atoms with van der Waals surface area (Å²) >= 11 is 0. The van der Waals surface area contributed by atoms with Crippen LogP contribution in [-0.2, 0) is 0 Å². The van der Waals surface area contributed by atoms with Gasteiger partial charge in [-0.3, -0.25) is 0 Å². The maximum atomic E-state index is 5.43. The molecule has 0 saturated heterocycles. The monoisotopic (exact) mass is 171 g/mol. The van der Waals surface area contributed by atoms with Crippen LogP contribution in [0.4, 0.5) is 0 Å². The van der Waals surface area contributed by atoms with Crippen LogP contribution in [0.5, 0.6) is 0 Å². The molecule has 1 saturated carbocycles. The Bertz CT molecular complexity index is 275. The average Bonchev–Trinajstić information content (AvgIpc) is 2.71. The van der Waals surface area contributed by atoms with E-state index in [-0.39, 0.29) is 0 Å². The molecule has 0 aliphatic heterocycles. The van der Waals surface area contributed by atoms with Crippen LogP contribution in [0.15, 0.2) is 24.3 Å². The van der Waals surface area contributed by atoms with Crippen LogP contribution in [0.3, 0.4) is 0 Å². The minimum absolute atomic E-state index is 0.812. The van der Waals surface area contributed by atoms with Crippen LogP contribution in [0, 0.1) is 6.58 Å². The summed E-state index contributed by atoms with van der Waals surface area (Å²) in [5, 5.41) is 0. The lowest BCUT2D eigenvalue weighted by Crippen LogP contribution is -1.91. The predicted octanol–water partition coefficient (Wildman–Crippen LogP) is 3.79. The van der Waals surface area contributed by atoms with E-state index in [9.17, 15) is 0 Å². The maximum absolute atomic E-state index is 5.43. The molecule has 1 aliphatic rings. The highest BCUT2D eigenvalue weighted by Crippen LogP contribution is 2.33. The molecule has 13 heavy (non-hydrogen) atoms. The number of rotatable bonds is 2. The van der Waals surface area contributed by atoms with Gasteiger partial charge < -0.3 is 0 Å². The Labute approximate surface area is 80.3 Å². The SMILES string of the molecule is [CH]=Cc1ccc(C2CCCC2)cc1. The molecule has 0 heterocycles. The van der Waals surface area contributed by atoms with Crippen molar-refractivity contribution < 1.29 is 0 Å². The molecule has 0 unspecified atom stereocenters. The normalized spacial score (nSPS) is 17.5. The highest BCUT2D eigenvalue weighted by atomic mass is 14.2. The van der Waals surface area contributed by atoms with Crippen molar-refractivity contribution in [2.75, 3.05) is 0 Å². The molecule has 1 aliphatic carbocycles. The third-order valence-electron chi connectivity index (χ3n) is 2.96. The zero-order valence-electron chi connectivity index (χ0n) is 7.87. The van der Waals surface area contributed by atoms with Gasteiger partial charge >= 0.3 is 0 Å². The molecule has 1 radical (unpaired) electrons. The summed E-state index contributed by atoms with van der Waals surface area (Å²) in [4.78, 5) is 0. The fourth-order valence-electron chi connectivity index (χ4n) is 2.14. The van der Waals surface area contributed by atoms with Gasteiger partial charge in [-0.25, -0.2) is 0 Å². The van der Waals surface area contributed by atoms with Gasteiger partial charge in [-0.2, -0.15) is 0 Å². The lowest BCUT2D eigenvalue weighted by Gasteiger charge is -2.08. The smallest absolute Gasteiger partial charge is 0.0162 e. The van der Waals surface area contributed by atoms with Crippen molar-refractivity contribution in [2.45, 2.75) is 31.6 Å². The van der Waals surface area contributed by atoms with Crippen molar-refractivity contribution in [2.24, 2.45) is 0 Å². The second-order valence-corrected chi connectivity index (χ2v) is 3.81. The zero-order valence-corrected chi connectivity index (χ0v) is 7.87. The summed E-state index contributed by atoms with van der Waals surface area (Å²) in [7, 11) is 0. The molecule has 2 rings (SSSR count). The molecule has 1 aromatic carbocycles. The Morgan fingerprint density at radius 2 is 1.69 bits per heavy atom. The van der Waals surface area contributed by atoms with E-state index in [1.165, 1.54) is 31.2 Å². The Balaban J connectivity index is 2.16. The Kier molecular flexibility index (Phi) is 2.49. The average molecular weight is 171 g/mol. The van der Waals surface area contributed by atoms with Crippen LogP contribution in [0.2, 0.25) is 0 Å². The second-order valence-electron chi connectivity index (χ2n) is 3.81. The first kappa shape index (κ1) is 8.55. The highest BCUT2D eigenvalue weighted by molar-refractivity contribution is 5.46. The van der Waals surface area contributed by atoms with Gasteiger partial charge in [0.05, 0.1) is 0 Å². The summed E-state index contributed by atoms with van der Waals surface area (Å²) in [6.07, 6.45) is 7.18. The van der Waals surface area contributed by atoms with Crippen LogP contribution < -0.4 is 0 Å². The fraction of sp³-hybridized carbons (Fsp3) is 0.385. The van der Waals surface area contributed by atoms with E-state index in [0.29, 0.717) is 0 Å². The third kappa shape index (κ3) is 1.82. The van der Waals surface area contributed by atoms with Crippen LogP contribution >= 0.6 is 0 Å². The molecule has 0 spiro atoms. The highest BCUT2D eigenvalue weighted by Gasteiger charge is 2.16. The predicted molar refractivity (Wildman–Crippen MR) is 56.4 cm³/mol. The van der Waals surface area contributed by atoms with Crippen LogP contribution in [0.1, 0.15) is 42.7 Å². The molecule has 1 fully saturated rings. The summed E-state index contributed by atoms with van der Waals surface area (Å²) in [5.41, 5.74) is 2.60. The third-order valence-corrected chi connectivity index (χ3v) is 2.96. The molecular formula is C13H15. The van der Waals surface area contributed by atoms with E-state index in [1.807, 2.05) is 0 Å². The Morgan fingerprint density at radius 1 is 1.08 bits per heavy atom. The first-order valence-corrected chi connectivity index (χ1v) is 5.05. The largest absolute Gasteiger partial charge is 0.0617 e. The van der Waals surface area contributed by atoms with E-state index < -0.39 is 0 Å². The van der Waals surface area contributed by atoms with E-state index in [0.717, 1.165) is 11.5 Å². The van der Waals surface area contributed by atoms with Gasteiger partial charge in [0.1, 0.15) is 0 Å². The van der Waals surface area contributed by atoms with Crippen molar-refractivity contribution in [1.29, 1.82) is 0 Å². The van der Waals surface area contributed by atoms with Crippen LogP contribution in [-0.4, -0.2) is 0 Å². The van der Waals surface area contributed by atoms with Gasteiger partial charge in [0, 0.05) is 0 Å². The zero-order chi connectivity index (χ0) is 9.10. The van der Waals surface area contributed by atoms with Gasteiger partial charge in [0.15, 0.2) is 0 Å². The van der Waals surface area contributed by atoms with Crippen molar-refractivity contribution in [3.8, 4) is 0 Å². The van der Waals surface area contributed by atoms with Crippen molar-refractivity contribution >= 4 is 6.08 Å². The van der Waals surface area contributed by atoms with Crippen molar-refractivity contribution in [1.82, 2.24) is 0 Å². The van der Waals surface area contributed by atoms with E-state index >= 15 is 0 Å². The van der Waals surface area contributed by atoms with Gasteiger partial charge in [-0.1, -0.05) is 49.8 Å². The lowest BCUT2D eigenvalue weighted by molar-refractivity contribution is 0.723. The second kappa shape index (κ2) is 3.78. The first-order valence-electron chi connectivity index (χ1n) is 5.05. The van der Waals surface area contributed by atoms with Crippen molar-refractivity contribution in [3.05, 3.63) is 42.0 Å². The Hall–Kier alpha value is -1.04. The minimum Gasteiger partial charge on any atom is -0.0617 e. The molecule has 0 atom stereocenters. The van der Waals surface area contributed by atoms with Crippen molar-refractivity contribution in [3.63, 3.8) is 0 Å². The summed E-state index contributed by atoms with van der Waals surface area (Å²) < 4.78 is 0. The number of benzene rings is 1. The van der Waals surface area contributed by atoms with Gasteiger partial charge in [-0.05, 0) is 29.9 Å². The molecule has 0 aromatic heterocycles. The molecule has 0 heteroatoms. The molecule has 0 bridgehead atoms. The molecule has 0 N–H and O–H groups in total. The number of hydrogen-bond donors (Lipinski definition) is 0. The Morgan fingerprint density at radius 3 is 2.23 bits per heavy atom. The topological polar surface area (TPSA) is 0 Å². The molecule has 0 nitrogen and oxygen atoms in total.